The summed E-state index contributed by atoms with van der Waals surface area (Å²) in [6.45, 7) is -1.67. The van der Waals surface area contributed by atoms with Gasteiger partial charge in [-0.25, -0.2) is 0 Å². The summed E-state index contributed by atoms with van der Waals surface area (Å²) in [4.78, 5) is 14.6. The van der Waals surface area contributed by atoms with Crippen LogP contribution in [-0.4, -0.2) is 30.3 Å². The number of halogens is 3. The van der Waals surface area contributed by atoms with E-state index in [0.717, 1.165) is 0 Å². The molecule has 0 fully saturated rings. The molecule has 0 aliphatic carbocycles. The molecule has 0 radical (unpaired) electrons. The number of oxazole rings is 1. The molecule has 0 aliphatic heterocycles. The van der Waals surface area contributed by atoms with E-state index in [1.165, 1.54) is 0 Å². The average molecular weight is 320 g/mol. The third-order valence-electron chi connectivity index (χ3n) is 2.44. The fourth-order valence-electron chi connectivity index (χ4n) is 1.60. The van der Waals surface area contributed by atoms with E-state index in [0.29, 0.717) is 16.8 Å². The zero-order valence-electron chi connectivity index (χ0n) is 10.6. The highest BCUT2D eigenvalue weighted by Crippen LogP contribution is 2.19. The molecular formula is C12H11F3N2O3S. The molecule has 2 N–H and O–H groups in total. The smallest absolute Gasteiger partial charge is 0.411 e. The van der Waals surface area contributed by atoms with Crippen LogP contribution in [0.2, 0.25) is 0 Å². The van der Waals surface area contributed by atoms with Gasteiger partial charge < -0.3 is 19.5 Å². The molecule has 0 aliphatic rings. The molecule has 0 saturated heterocycles. The highest BCUT2D eigenvalue weighted by Gasteiger charge is 2.27. The summed E-state index contributed by atoms with van der Waals surface area (Å²) in [7, 11) is 0. The van der Waals surface area contributed by atoms with E-state index in [2.05, 4.69) is 15.0 Å². The maximum Gasteiger partial charge on any atom is 0.411 e. The number of benzene rings is 1. The second kappa shape index (κ2) is 6.27. The zero-order chi connectivity index (χ0) is 15.5. The molecule has 1 aromatic heterocycles. The monoisotopic (exact) mass is 320 g/mol. The van der Waals surface area contributed by atoms with Gasteiger partial charge in [-0.1, -0.05) is 0 Å². The lowest BCUT2D eigenvalue weighted by Crippen LogP contribution is -2.20. The molecule has 2 rings (SSSR count). The van der Waals surface area contributed by atoms with Crippen molar-refractivity contribution in [3.8, 4) is 0 Å². The van der Waals surface area contributed by atoms with Gasteiger partial charge in [0.1, 0.15) is 6.61 Å². The number of aromatic amines is 1. The van der Waals surface area contributed by atoms with E-state index in [1.54, 1.807) is 18.2 Å². The van der Waals surface area contributed by atoms with Crippen molar-refractivity contribution in [1.29, 1.82) is 0 Å². The predicted octanol–water partition coefficient (Wildman–Crippen LogP) is 3.40. The van der Waals surface area contributed by atoms with Crippen molar-refractivity contribution in [3.63, 3.8) is 0 Å². The van der Waals surface area contributed by atoms with Crippen molar-refractivity contribution in [2.75, 3.05) is 18.5 Å². The largest absolute Gasteiger partial charge is 0.429 e. The molecule has 2 aromatic rings. The topological polar surface area (TPSA) is 67.3 Å². The number of nitrogens with one attached hydrogen (secondary N) is 2. The molecule has 0 atom stereocenters. The fourth-order valence-corrected chi connectivity index (χ4v) is 1.80. The standard InChI is InChI=1S/C12H11F3N2O3S/c13-12(14,15)6-19-4-3-10(18)16-7-1-2-8-9(5-7)20-11(21)17-8/h1-2,5H,3-4,6H2,(H,16,18)(H,17,21). The summed E-state index contributed by atoms with van der Waals surface area (Å²) in [5, 5.41) is 2.53. The summed E-state index contributed by atoms with van der Waals surface area (Å²) >= 11 is 4.83. The molecular weight excluding hydrogens is 309 g/mol. The minimum atomic E-state index is -4.39. The molecule has 114 valence electrons. The van der Waals surface area contributed by atoms with E-state index in [4.69, 9.17) is 16.6 Å². The molecule has 0 saturated carbocycles. The summed E-state index contributed by atoms with van der Waals surface area (Å²) < 4.78 is 45.0. The van der Waals surface area contributed by atoms with E-state index in [9.17, 15) is 18.0 Å². The maximum absolute atomic E-state index is 11.8. The lowest BCUT2D eigenvalue weighted by atomic mass is 10.3. The number of anilines is 1. The van der Waals surface area contributed by atoms with Crippen LogP contribution in [0.4, 0.5) is 18.9 Å². The number of fused-ring (bicyclic) bond motifs is 1. The summed E-state index contributed by atoms with van der Waals surface area (Å²) in [6, 6.07) is 4.86. The molecule has 0 bridgehead atoms. The summed E-state index contributed by atoms with van der Waals surface area (Å²) in [6.07, 6.45) is -4.57. The van der Waals surface area contributed by atoms with Gasteiger partial charge in [0.2, 0.25) is 5.91 Å². The van der Waals surface area contributed by atoms with Crippen molar-refractivity contribution in [2.24, 2.45) is 0 Å². The number of alkyl halides is 3. The molecule has 21 heavy (non-hydrogen) atoms. The highest BCUT2D eigenvalue weighted by atomic mass is 32.1. The number of rotatable bonds is 5. The van der Waals surface area contributed by atoms with Crippen LogP contribution in [0.3, 0.4) is 0 Å². The molecule has 1 aromatic carbocycles. The molecule has 5 nitrogen and oxygen atoms in total. The zero-order valence-corrected chi connectivity index (χ0v) is 11.4. The van der Waals surface area contributed by atoms with Crippen molar-refractivity contribution in [1.82, 2.24) is 4.98 Å². The van der Waals surface area contributed by atoms with Crippen LogP contribution in [0.25, 0.3) is 11.1 Å². The van der Waals surface area contributed by atoms with Gasteiger partial charge >= 0.3 is 6.18 Å². The van der Waals surface area contributed by atoms with Crippen LogP contribution in [0.1, 0.15) is 6.42 Å². The van der Waals surface area contributed by atoms with Crippen molar-refractivity contribution in [3.05, 3.63) is 23.0 Å². The van der Waals surface area contributed by atoms with Crippen LogP contribution < -0.4 is 5.32 Å². The lowest BCUT2D eigenvalue weighted by Gasteiger charge is -2.08. The number of amides is 1. The van der Waals surface area contributed by atoms with Crippen LogP contribution in [0.5, 0.6) is 0 Å². The highest BCUT2D eigenvalue weighted by molar-refractivity contribution is 7.71. The lowest BCUT2D eigenvalue weighted by molar-refractivity contribution is -0.174. The molecule has 1 heterocycles. The number of H-pyrrole nitrogens is 1. The van der Waals surface area contributed by atoms with Gasteiger partial charge in [-0.2, -0.15) is 13.2 Å². The Morgan fingerprint density at radius 1 is 1.43 bits per heavy atom. The summed E-state index contributed by atoms with van der Waals surface area (Å²) in [5.74, 6) is -0.453. The second-order valence-electron chi connectivity index (χ2n) is 4.19. The molecule has 0 unspecified atom stereocenters. The molecule has 1 amide bonds. The third-order valence-corrected chi connectivity index (χ3v) is 2.63. The number of aromatic nitrogens is 1. The van der Waals surface area contributed by atoms with E-state index < -0.39 is 18.7 Å². The van der Waals surface area contributed by atoms with Crippen molar-refractivity contribution < 1.29 is 27.1 Å². The Hall–Kier alpha value is -1.87. The number of ether oxygens (including phenoxy) is 1. The van der Waals surface area contributed by atoms with Crippen LogP contribution >= 0.6 is 12.2 Å². The van der Waals surface area contributed by atoms with Gasteiger partial charge in [0, 0.05) is 11.8 Å². The Bertz CT molecular complexity index is 693. The molecule has 0 spiro atoms. The average Bonchev–Trinajstić information content (AvgIpc) is 2.73. The van der Waals surface area contributed by atoms with Crippen LogP contribution in [0.15, 0.2) is 22.6 Å². The number of hydrogen-bond acceptors (Lipinski definition) is 4. The van der Waals surface area contributed by atoms with Gasteiger partial charge in [-0.05, 0) is 24.4 Å². The fraction of sp³-hybridized carbons (Fsp3) is 0.333. The van der Waals surface area contributed by atoms with Crippen molar-refractivity contribution in [2.45, 2.75) is 12.6 Å². The predicted molar refractivity (Wildman–Crippen MR) is 71.5 cm³/mol. The van der Waals surface area contributed by atoms with Gasteiger partial charge in [0.25, 0.3) is 4.84 Å². The summed E-state index contributed by atoms with van der Waals surface area (Å²) in [5.41, 5.74) is 1.62. The molecule has 9 heteroatoms. The van der Waals surface area contributed by atoms with Crippen LogP contribution in [-0.2, 0) is 9.53 Å². The minimum Gasteiger partial charge on any atom is -0.429 e. The van der Waals surface area contributed by atoms with Crippen molar-refractivity contribution >= 4 is 34.9 Å². The Labute approximate surface area is 122 Å². The Balaban J connectivity index is 1.85. The maximum atomic E-state index is 11.8. The third kappa shape index (κ3) is 4.87. The second-order valence-corrected chi connectivity index (χ2v) is 4.56. The Morgan fingerprint density at radius 3 is 2.90 bits per heavy atom. The van der Waals surface area contributed by atoms with Crippen LogP contribution in [0, 0.1) is 4.84 Å². The Kier molecular flexibility index (Phi) is 4.63. The first-order chi connectivity index (χ1) is 9.83. The van der Waals surface area contributed by atoms with Gasteiger partial charge in [0.05, 0.1) is 18.5 Å². The van der Waals surface area contributed by atoms with E-state index in [-0.39, 0.29) is 17.9 Å². The van der Waals surface area contributed by atoms with E-state index >= 15 is 0 Å². The number of carbonyl (C=O) groups is 1. The normalized spacial score (nSPS) is 11.8. The van der Waals surface area contributed by atoms with Gasteiger partial charge in [-0.15, -0.1) is 0 Å². The first-order valence-electron chi connectivity index (χ1n) is 5.91. The quantitative estimate of drug-likeness (QED) is 0.654. The van der Waals surface area contributed by atoms with E-state index in [1.807, 2.05) is 0 Å². The minimum absolute atomic E-state index is 0.176. The first-order valence-corrected chi connectivity index (χ1v) is 6.31. The van der Waals surface area contributed by atoms with Gasteiger partial charge in [0.15, 0.2) is 5.58 Å². The first kappa shape index (κ1) is 15.5. The SMILES string of the molecule is O=C(CCOCC(F)(F)F)Nc1ccc2[nH]c(=S)oc2c1. The van der Waals surface area contributed by atoms with Gasteiger partial charge in [-0.3, -0.25) is 4.79 Å². The number of hydrogen-bond donors (Lipinski definition) is 2. The Morgan fingerprint density at radius 2 is 2.19 bits per heavy atom. The number of carbonyl (C=O) groups excluding carboxylic acids is 1.